The lowest BCUT2D eigenvalue weighted by Crippen LogP contribution is -2.23. The largest absolute Gasteiger partial charge is 0.399 e. The third-order valence-electron chi connectivity index (χ3n) is 2.63. The molecule has 3 N–H and O–H groups in total. The first-order valence-electron chi connectivity index (χ1n) is 5.74. The number of anilines is 1. The Morgan fingerprint density at radius 2 is 1.95 bits per heavy atom. The molecule has 104 valence electrons. The van der Waals surface area contributed by atoms with E-state index >= 15 is 0 Å². The summed E-state index contributed by atoms with van der Waals surface area (Å²) in [6.45, 7) is -0.130. The van der Waals surface area contributed by atoms with Crippen LogP contribution in [0.1, 0.15) is 15.9 Å². The molecule has 0 aliphatic rings. The van der Waals surface area contributed by atoms with E-state index in [1.54, 1.807) is 0 Å². The highest BCUT2D eigenvalue weighted by Gasteiger charge is 2.09. The first kappa shape index (κ1) is 14.3. The normalized spacial score (nSPS) is 10.3. The lowest BCUT2D eigenvalue weighted by atomic mass is 10.1. The van der Waals surface area contributed by atoms with Crippen molar-refractivity contribution in [2.45, 2.75) is 6.54 Å². The van der Waals surface area contributed by atoms with E-state index in [2.05, 4.69) is 5.32 Å². The number of rotatable bonds is 3. The predicted molar refractivity (Wildman–Crippen MR) is 73.4 cm³/mol. The third kappa shape index (κ3) is 3.45. The molecule has 2 aromatic rings. The zero-order valence-electron chi connectivity index (χ0n) is 10.3. The van der Waals surface area contributed by atoms with E-state index in [1.165, 1.54) is 18.2 Å². The Labute approximate surface area is 119 Å². The van der Waals surface area contributed by atoms with Crippen LogP contribution in [0.4, 0.5) is 14.5 Å². The second kappa shape index (κ2) is 5.88. The smallest absolute Gasteiger partial charge is 0.251 e. The van der Waals surface area contributed by atoms with Gasteiger partial charge in [-0.05, 0) is 36.4 Å². The number of nitrogens with two attached hydrogens (primary N) is 1. The van der Waals surface area contributed by atoms with Gasteiger partial charge < -0.3 is 11.1 Å². The summed E-state index contributed by atoms with van der Waals surface area (Å²) in [5, 5.41) is 2.80. The number of hydrogen-bond acceptors (Lipinski definition) is 2. The molecule has 3 nitrogen and oxygen atoms in total. The van der Waals surface area contributed by atoms with Crippen molar-refractivity contribution in [3.8, 4) is 0 Å². The van der Waals surface area contributed by atoms with Crippen molar-refractivity contribution in [3.63, 3.8) is 0 Å². The van der Waals surface area contributed by atoms with E-state index in [1.807, 2.05) is 0 Å². The fraction of sp³-hybridized carbons (Fsp3) is 0.0714. The summed E-state index contributed by atoms with van der Waals surface area (Å²) < 4.78 is 26.4. The third-order valence-corrected chi connectivity index (χ3v) is 2.85. The Kier molecular flexibility index (Phi) is 4.20. The highest BCUT2D eigenvalue weighted by atomic mass is 35.5. The first-order chi connectivity index (χ1) is 9.45. The van der Waals surface area contributed by atoms with Gasteiger partial charge in [-0.1, -0.05) is 11.6 Å². The van der Waals surface area contributed by atoms with E-state index in [0.717, 1.165) is 18.2 Å². The van der Waals surface area contributed by atoms with Crippen molar-refractivity contribution in [3.05, 3.63) is 64.2 Å². The Bertz CT molecular complexity index is 641. The molecule has 0 saturated heterocycles. The Balaban J connectivity index is 2.10. The topological polar surface area (TPSA) is 55.1 Å². The maximum atomic E-state index is 13.4. The van der Waals surface area contributed by atoms with Crippen molar-refractivity contribution in [1.29, 1.82) is 0 Å². The second-order valence-corrected chi connectivity index (χ2v) is 4.63. The predicted octanol–water partition coefficient (Wildman–Crippen LogP) is 3.13. The molecule has 1 amide bonds. The van der Waals surface area contributed by atoms with Gasteiger partial charge in [0, 0.05) is 28.4 Å². The quantitative estimate of drug-likeness (QED) is 0.855. The van der Waals surface area contributed by atoms with E-state index < -0.39 is 17.5 Å². The van der Waals surface area contributed by atoms with Crippen LogP contribution >= 0.6 is 11.6 Å². The molecule has 6 heteroatoms. The van der Waals surface area contributed by atoms with E-state index in [9.17, 15) is 13.6 Å². The average Bonchev–Trinajstić information content (AvgIpc) is 2.38. The molecule has 0 aromatic heterocycles. The van der Waals surface area contributed by atoms with Gasteiger partial charge >= 0.3 is 0 Å². The lowest BCUT2D eigenvalue weighted by molar-refractivity contribution is 0.0950. The standard InChI is InChI=1S/C14H11ClF2N2O/c15-10-3-8(5-12(18)6-10)14(20)19-7-9-4-11(16)1-2-13(9)17/h1-6H,7,18H2,(H,19,20). The van der Waals surface area contributed by atoms with Crippen LogP contribution in [-0.2, 0) is 6.54 Å². The molecule has 0 aliphatic heterocycles. The van der Waals surface area contributed by atoms with Crippen LogP contribution in [0, 0.1) is 11.6 Å². The number of benzene rings is 2. The molecule has 0 spiro atoms. The summed E-state index contributed by atoms with van der Waals surface area (Å²) in [6, 6.07) is 7.44. The Morgan fingerprint density at radius 1 is 1.20 bits per heavy atom. The molecule has 0 radical (unpaired) electrons. The molecule has 2 rings (SSSR count). The first-order valence-corrected chi connectivity index (χ1v) is 6.11. The maximum absolute atomic E-state index is 13.4. The van der Waals surface area contributed by atoms with Gasteiger partial charge in [-0.15, -0.1) is 0 Å². The lowest BCUT2D eigenvalue weighted by Gasteiger charge is -2.07. The number of carbonyl (C=O) groups excluding carboxylic acids is 1. The number of hydrogen-bond donors (Lipinski definition) is 2. The molecule has 0 heterocycles. The van der Waals surface area contributed by atoms with Gasteiger partial charge in [0.25, 0.3) is 5.91 Å². The van der Waals surface area contributed by atoms with Gasteiger partial charge in [-0.25, -0.2) is 8.78 Å². The van der Waals surface area contributed by atoms with Gasteiger partial charge in [-0.2, -0.15) is 0 Å². The van der Waals surface area contributed by atoms with Crippen LogP contribution in [-0.4, -0.2) is 5.91 Å². The second-order valence-electron chi connectivity index (χ2n) is 4.19. The van der Waals surface area contributed by atoms with Crippen molar-refractivity contribution in [2.24, 2.45) is 0 Å². The minimum Gasteiger partial charge on any atom is -0.399 e. The zero-order chi connectivity index (χ0) is 14.7. The molecule has 0 unspecified atom stereocenters. The number of amides is 1. The summed E-state index contributed by atoms with van der Waals surface area (Å²) in [5.74, 6) is -1.62. The summed E-state index contributed by atoms with van der Waals surface area (Å²) in [5.41, 5.74) is 6.24. The summed E-state index contributed by atoms with van der Waals surface area (Å²) in [7, 11) is 0. The highest BCUT2D eigenvalue weighted by molar-refractivity contribution is 6.31. The molecule has 0 fully saturated rings. The van der Waals surface area contributed by atoms with E-state index in [4.69, 9.17) is 17.3 Å². The van der Waals surface area contributed by atoms with E-state index in [0.29, 0.717) is 10.7 Å². The minimum absolute atomic E-state index is 0.0633. The summed E-state index contributed by atoms with van der Waals surface area (Å²) >= 11 is 5.79. The van der Waals surface area contributed by atoms with Crippen LogP contribution in [0.15, 0.2) is 36.4 Å². The fourth-order valence-corrected chi connectivity index (χ4v) is 1.94. The van der Waals surface area contributed by atoms with Crippen molar-refractivity contribution in [2.75, 3.05) is 5.73 Å². The number of nitrogen functional groups attached to an aromatic ring is 1. The van der Waals surface area contributed by atoms with Gasteiger partial charge in [0.15, 0.2) is 0 Å². The molecule has 0 atom stereocenters. The Morgan fingerprint density at radius 3 is 2.65 bits per heavy atom. The van der Waals surface area contributed by atoms with Crippen molar-refractivity contribution >= 4 is 23.2 Å². The monoisotopic (exact) mass is 296 g/mol. The fourth-order valence-electron chi connectivity index (χ4n) is 1.70. The van der Waals surface area contributed by atoms with Crippen LogP contribution in [0.2, 0.25) is 5.02 Å². The van der Waals surface area contributed by atoms with Crippen LogP contribution < -0.4 is 11.1 Å². The Hall–Kier alpha value is -2.14. The molecule has 20 heavy (non-hydrogen) atoms. The van der Waals surface area contributed by atoms with Gasteiger partial charge in [0.1, 0.15) is 11.6 Å². The number of halogens is 3. The summed E-state index contributed by atoms with van der Waals surface area (Å²) in [4.78, 5) is 11.9. The highest BCUT2D eigenvalue weighted by Crippen LogP contribution is 2.17. The van der Waals surface area contributed by atoms with E-state index in [-0.39, 0.29) is 17.7 Å². The van der Waals surface area contributed by atoms with Gasteiger partial charge in [0.2, 0.25) is 0 Å². The van der Waals surface area contributed by atoms with Crippen molar-refractivity contribution in [1.82, 2.24) is 5.32 Å². The van der Waals surface area contributed by atoms with Gasteiger partial charge in [-0.3, -0.25) is 4.79 Å². The molecular formula is C14H11ClF2N2O. The summed E-state index contributed by atoms with van der Waals surface area (Å²) in [6.07, 6.45) is 0. The minimum atomic E-state index is -0.586. The SMILES string of the molecule is Nc1cc(Cl)cc(C(=O)NCc2cc(F)ccc2F)c1. The zero-order valence-corrected chi connectivity index (χ0v) is 11.0. The molecule has 0 saturated carbocycles. The van der Waals surface area contributed by atoms with Crippen LogP contribution in [0.5, 0.6) is 0 Å². The number of carbonyl (C=O) groups is 1. The molecular weight excluding hydrogens is 286 g/mol. The van der Waals surface area contributed by atoms with Crippen LogP contribution in [0.25, 0.3) is 0 Å². The maximum Gasteiger partial charge on any atom is 0.251 e. The van der Waals surface area contributed by atoms with Crippen molar-refractivity contribution < 1.29 is 13.6 Å². The van der Waals surface area contributed by atoms with Crippen LogP contribution in [0.3, 0.4) is 0 Å². The number of nitrogens with one attached hydrogen (secondary N) is 1. The molecule has 2 aromatic carbocycles. The molecule has 0 bridgehead atoms. The molecule has 0 aliphatic carbocycles. The average molecular weight is 297 g/mol. The van der Waals surface area contributed by atoms with Gasteiger partial charge in [0.05, 0.1) is 0 Å².